The standard InChI is InChI=1S/C14H23N3O2S/c1-4-19-10-5-7-17(8-6-10)12-9-11(15)13(20-12)14(18)16(2)3/h9-10H,4-8,15H2,1-3H3. The highest BCUT2D eigenvalue weighted by Gasteiger charge is 2.23. The molecule has 5 nitrogen and oxygen atoms in total. The Labute approximate surface area is 124 Å². The fourth-order valence-electron chi connectivity index (χ4n) is 2.40. The van der Waals surface area contributed by atoms with Crippen LogP contribution in [-0.4, -0.2) is 50.7 Å². The van der Waals surface area contributed by atoms with Gasteiger partial charge in [0.2, 0.25) is 0 Å². The smallest absolute Gasteiger partial charge is 0.265 e. The van der Waals surface area contributed by atoms with Crippen LogP contribution in [0.25, 0.3) is 0 Å². The molecule has 1 fully saturated rings. The number of nitrogen functional groups attached to an aromatic ring is 1. The number of amides is 1. The van der Waals surface area contributed by atoms with Crippen molar-refractivity contribution in [2.75, 3.05) is 44.4 Å². The van der Waals surface area contributed by atoms with Gasteiger partial charge < -0.3 is 20.3 Å². The number of hydrogen-bond acceptors (Lipinski definition) is 5. The Bertz CT molecular complexity index is 465. The summed E-state index contributed by atoms with van der Waals surface area (Å²) in [5.41, 5.74) is 6.55. The number of carbonyl (C=O) groups is 1. The van der Waals surface area contributed by atoms with Crippen molar-refractivity contribution in [2.24, 2.45) is 0 Å². The second-order valence-corrected chi connectivity index (χ2v) is 6.24. The lowest BCUT2D eigenvalue weighted by atomic mass is 10.1. The second kappa shape index (κ2) is 6.45. The largest absolute Gasteiger partial charge is 0.397 e. The quantitative estimate of drug-likeness (QED) is 0.924. The van der Waals surface area contributed by atoms with E-state index in [0.717, 1.165) is 37.5 Å². The Kier molecular flexibility index (Phi) is 4.88. The molecule has 1 amide bonds. The summed E-state index contributed by atoms with van der Waals surface area (Å²) in [6, 6.07) is 1.92. The van der Waals surface area contributed by atoms with Crippen LogP contribution in [0.5, 0.6) is 0 Å². The fourth-order valence-corrected chi connectivity index (χ4v) is 3.55. The van der Waals surface area contributed by atoms with Crippen molar-refractivity contribution in [2.45, 2.75) is 25.9 Å². The van der Waals surface area contributed by atoms with Gasteiger partial charge in [0, 0.05) is 33.8 Å². The molecule has 112 valence electrons. The molecule has 0 atom stereocenters. The first-order valence-corrected chi connectivity index (χ1v) is 7.82. The molecule has 0 aromatic carbocycles. The molecular formula is C14H23N3O2S. The van der Waals surface area contributed by atoms with Gasteiger partial charge in [-0.3, -0.25) is 4.79 Å². The third kappa shape index (κ3) is 3.24. The summed E-state index contributed by atoms with van der Waals surface area (Å²) in [4.78, 5) is 16.5. The van der Waals surface area contributed by atoms with Gasteiger partial charge >= 0.3 is 0 Å². The number of carbonyl (C=O) groups excluding carboxylic acids is 1. The molecule has 0 spiro atoms. The summed E-state index contributed by atoms with van der Waals surface area (Å²) in [5.74, 6) is -0.0250. The number of ether oxygens (including phenoxy) is 1. The zero-order chi connectivity index (χ0) is 14.7. The van der Waals surface area contributed by atoms with E-state index in [9.17, 15) is 4.79 Å². The van der Waals surface area contributed by atoms with Gasteiger partial charge in [-0.2, -0.15) is 0 Å². The van der Waals surface area contributed by atoms with Crippen LogP contribution in [0.1, 0.15) is 29.4 Å². The SMILES string of the molecule is CCOC1CCN(c2cc(N)c(C(=O)N(C)C)s2)CC1. The van der Waals surface area contributed by atoms with Crippen molar-refractivity contribution >= 4 is 27.9 Å². The predicted molar refractivity (Wildman–Crippen MR) is 83.6 cm³/mol. The average molecular weight is 297 g/mol. The molecule has 0 bridgehead atoms. The first kappa shape index (κ1) is 15.1. The number of rotatable bonds is 4. The van der Waals surface area contributed by atoms with Crippen molar-refractivity contribution < 1.29 is 9.53 Å². The summed E-state index contributed by atoms with van der Waals surface area (Å²) < 4.78 is 5.66. The van der Waals surface area contributed by atoms with Gasteiger partial charge in [-0.15, -0.1) is 11.3 Å². The Morgan fingerprint density at radius 2 is 2.15 bits per heavy atom. The van der Waals surface area contributed by atoms with E-state index in [0.29, 0.717) is 16.7 Å². The normalized spacial score (nSPS) is 16.4. The minimum absolute atomic E-state index is 0.0250. The van der Waals surface area contributed by atoms with Gasteiger partial charge in [0.15, 0.2) is 0 Å². The molecule has 0 saturated carbocycles. The van der Waals surface area contributed by atoms with Crippen molar-refractivity contribution in [3.63, 3.8) is 0 Å². The lowest BCUT2D eigenvalue weighted by Crippen LogP contribution is -2.36. The molecular weight excluding hydrogens is 274 g/mol. The van der Waals surface area contributed by atoms with Crippen molar-refractivity contribution in [1.29, 1.82) is 0 Å². The number of thiophene rings is 1. The van der Waals surface area contributed by atoms with Crippen molar-refractivity contribution in [1.82, 2.24) is 4.90 Å². The fraction of sp³-hybridized carbons (Fsp3) is 0.643. The molecule has 2 N–H and O–H groups in total. The number of nitrogens with two attached hydrogens (primary N) is 1. The first-order chi connectivity index (χ1) is 9.52. The molecule has 0 aliphatic carbocycles. The van der Waals surface area contributed by atoms with Crippen LogP contribution in [0.3, 0.4) is 0 Å². The molecule has 1 aromatic rings. The van der Waals surface area contributed by atoms with E-state index in [1.807, 2.05) is 13.0 Å². The molecule has 1 aliphatic heterocycles. The first-order valence-electron chi connectivity index (χ1n) is 7.00. The highest BCUT2D eigenvalue weighted by Crippen LogP contribution is 2.34. The van der Waals surface area contributed by atoms with E-state index in [2.05, 4.69) is 4.90 Å². The average Bonchev–Trinajstić information content (AvgIpc) is 2.81. The lowest BCUT2D eigenvalue weighted by Gasteiger charge is -2.32. The molecule has 1 aliphatic rings. The van der Waals surface area contributed by atoms with Crippen LogP contribution in [0, 0.1) is 0 Å². The maximum absolute atomic E-state index is 12.0. The number of anilines is 2. The summed E-state index contributed by atoms with van der Waals surface area (Å²) in [6.07, 6.45) is 2.43. The highest BCUT2D eigenvalue weighted by molar-refractivity contribution is 7.18. The number of hydrogen-bond donors (Lipinski definition) is 1. The van der Waals surface area contributed by atoms with Crippen LogP contribution in [0.2, 0.25) is 0 Å². The number of nitrogens with zero attached hydrogens (tertiary/aromatic N) is 2. The van der Waals surface area contributed by atoms with Gasteiger partial charge in [0.05, 0.1) is 16.8 Å². The monoisotopic (exact) mass is 297 g/mol. The molecule has 2 heterocycles. The van der Waals surface area contributed by atoms with E-state index in [-0.39, 0.29) is 5.91 Å². The van der Waals surface area contributed by atoms with E-state index >= 15 is 0 Å². The van der Waals surface area contributed by atoms with Gasteiger partial charge in [-0.25, -0.2) is 0 Å². The van der Waals surface area contributed by atoms with Crippen LogP contribution >= 0.6 is 11.3 Å². The van der Waals surface area contributed by atoms with Crippen LogP contribution in [0.15, 0.2) is 6.07 Å². The van der Waals surface area contributed by atoms with Gasteiger partial charge in [0.1, 0.15) is 4.88 Å². The van der Waals surface area contributed by atoms with E-state index < -0.39 is 0 Å². The van der Waals surface area contributed by atoms with Gasteiger partial charge in [0.25, 0.3) is 5.91 Å². The molecule has 1 aromatic heterocycles. The molecule has 0 unspecified atom stereocenters. The van der Waals surface area contributed by atoms with Crippen molar-refractivity contribution in [3.8, 4) is 0 Å². The third-order valence-corrected chi connectivity index (χ3v) is 4.70. The Hall–Kier alpha value is -1.27. The molecule has 0 radical (unpaired) electrons. The Morgan fingerprint density at radius 1 is 1.50 bits per heavy atom. The molecule has 1 saturated heterocycles. The van der Waals surface area contributed by atoms with Gasteiger partial charge in [-0.05, 0) is 25.8 Å². The lowest BCUT2D eigenvalue weighted by molar-refractivity contribution is 0.0460. The summed E-state index contributed by atoms with van der Waals surface area (Å²) in [6.45, 7) is 4.73. The van der Waals surface area contributed by atoms with Crippen LogP contribution in [-0.2, 0) is 4.74 Å². The maximum atomic E-state index is 12.0. The Balaban J connectivity index is 2.04. The minimum atomic E-state index is -0.0250. The zero-order valence-electron chi connectivity index (χ0n) is 12.4. The highest BCUT2D eigenvalue weighted by atomic mass is 32.1. The molecule has 6 heteroatoms. The molecule has 2 rings (SSSR count). The van der Waals surface area contributed by atoms with E-state index in [4.69, 9.17) is 10.5 Å². The van der Waals surface area contributed by atoms with E-state index in [1.54, 1.807) is 19.0 Å². The second-order valence-electron chi connectivity index (χ2n) is 5.21. The zero-order valence-corrected chi connectivity index (χ0v) is 13.2. The summed E-state index contributed by atoms with van der Waals surface area (Å²) in [5, 5.41) is 1.09. The predicted octanol–water partition coefficient (Wildman–Crippen LogP) is 2.04. The van der Waals surface area contributed by atoms with Crippen LogP contribution in [0.4, 0.5) is 10.7 Å². The summed E-state index contributed by atoms with van der Waals surface area (Å²) in [7, 11) is 3.49. The Morgan fingerprint density at radius 3 is 2.70 bits per heavy atom. The van der Waals surface area contributed by atoms with Gasteiger partial charge in [-0.1, -0.05) is 0 Å². The topological polar surface area (TPSA) is 58.8 Å². The van der Waals surface area contributed by atoms with Crippen molar-refractivity contribution in [3.05, 3.63) is 10.9 Å². The minimum Gasteiger partial charge on any atom is -0.397 e. The maximum Gasteiger partial charge on any atom is 0.265 e. The number of piperidine rings is 1. The van der Waals surface area contributed by atoms with E-state index in [1.165, 1.54) is 11.3 Å². The molecule has 20 heavy (non-hydrogen) atoms. The van der Waals surface area contributed by atoms with Crippen LogP contribution < -0.4 is 10.6 Å². The third-order valence-electron chi connectivity index (χ3n) is 3.50. The summed E-state index contributed by atoms with van der Waals surface area (Å²) >= 11 is 1.49.